The fraction of sp³-hybridized carbons (Fsp3) is 0.438. The summed E-state index contributed by atoms with van der Waals surface area (Å²) in [7, 11) is 0. The lowest BCUT2D eigenvalue weighted by molar-refractivity contribution is 0.0512. The first-order chi connectivity index (χ1) is 10.4. The largest absolute Gasteiger partial charge is 0.486 e. The number of aromatic nitrogens is 3. The van der Waals surface area contributed by atoms with Crippen LogP contribution in [-0.4, -0.2) is 27.8 Å². The van der Waals surface area contributed by atoms with Crippen LogP contribution in [0.2, 0.25) is 0 Å². The monoisotopic (exact) mass is 303 g/mol. The molecule has 0 saturated heterocycles. The molecule has 118 valence electrons. The first-order valence-electron chi connectivity index (χ1n) is 7.22. The predicted octanol–water partition coefficient (Wildman–Crippen LogP) is 2.86. The minimum Gasteiger partial charge on any atom is -0.486 e. The summed E-state index contributed by atoms with van der Waals surface area (Å²) in [6, 6.07) is 7.92. The Balaban J connectivity index is 1.94. The molecule has 0 bridgehead atoms. The van der Waals surface area contributed by atoms with Crippen molar-refractivity contribution < 1.29 is 14.3 Å². The molecule has 22 heavy (non-hydrogen) atoms. The lowest BCUT2D eigenvalue weighted by Gasteiger charge is -2.19. The highest BCUT2D eigenvalue weighted by molar-refractivity contribution is 5.84. The van der Waals surface area contributed by atoms with E-state index in [-0.39, 0.29) is 17.8 Å². The Hall–Kier alpha value is -2.37. The Bertz CT molecular complexity index is 627. The number of H-pyrrole nitrogens is 1. The molecule has 0 atom stereocenters. The van der Waals surface area contributed by atoms with Gasteiger partial charge in [0.05, 0.1) is 6.61 Å². The Morgan fingerprint density at radius 1 is 1.23 bits per heavy atom. The van der Waals surface area contributed by atoms with E-state index in [1.807, 2.05) is 24.3 Å². The van der Waals surface area contributed by atoms with Gasteiger partial charge in [-0.1, -0.05) is 32.9 Å². The Morgan fingerprint density at radius 3 is 2.50 bits per heavy atom. The van der Waals surface area contributed by atoms with Crippen molar-refractivity contribution in [3.8, 4) is 5.75 Å². The van der Waals surface area contributed by atoms with Crippen LogP contribution in [0.4, 0.5) is 0 Å². The van der Waals surface area contributed by atoms with Gasteiger partial charge in [-0.3, -0.25) is 5.10 Å². The van der Waals surface area contributed by atoms with Crippen molar-refractivity contribution in [2.75, 3.05) is 6.61 Å². The van der Waals surface area contributed by atoms with Gasteiger partial charge in [0.2, 0.25) is 0 Å². The third-order valence-corrected chi connectivity index (χ3v) is 3.09. The minimum absolute atomic E-state index is 0.0172. The van der Waals surface area contributed by atoms with Gasteiger partial charge in [0, 0.05) is 0 Å². The molecule has 6 heteroatoms. The molecule has 6 nitrogen and oxygen atoms in total. The lowest BCUT2D eigenvalue weighted by Crippen LogP contribution is -2.10. The zero-order valence-corrected chi connectivity index (χ0v) is 13.3. The van der Waals surface area contributed by atoms with Crippen molar-refractivity contribution in [1.82, 2.24) is 15.2 Å². The van der Waals surface area contributed by atoms with E-state index < -0.39 is 5.97 Å². The molecule has 2 rings (SSSR count). The summed E-state index contributed by atoms with van der Waals surface area (Å²) in [5, 5.41) is 6.47. The Morgan fingerprint density at radius 2 is 1.91 bits per heavy atom. The van der Waals surface area contributed by atoms with Gasteiger partial charge in [0.1, 0.15) is 12.4 Å². The van der Waals surface area contributed by atoms with Crippen molar-refractivity contribution in [2.45, 2.75) is 39.7 Å². The van der Waals surface area contributed by atoms with Crippen LogP contribution in [0.5, 0.6) is 5.75 Å². The molecule has 0 fully saturated rings. The van der Waals surface area contributed by atoms with Gasteiger partial charge in [0.25, 0.3) is 5.82 Å². The number of carbonyl (C=O) groups excluding carboxylic acids is 1. The maximum Gasteiger partial charge on any atom is 0.378 e. The quantitative estimate of drug-likeness (QED) is 0.859. The van der Waals surface area contributed by atoms with Crippen molar-refractivity contribution >= 4 is 5.97 Å². The van der Waals surface area contributed by atoms with Crippen molar-refractivity contribution in [2.24, 2.45) is 0 Å². The molecule has 1 N–H and O–H groups in total. The number of aromatic amines is 1. The molecule has 1 aromatic heterocycles. The van der Waals surface area contributed by atoms with Crippen LogP contribution in [0.25, 0.3) is 0 Å². The summed E-state index contributed by atoms with van der Waals surface area (Å²) in [6.07, 6.45) is 0. The number of nitrogens with one attached hydrogen (secondary N) is 1. The van der Waals surface area contributed by atoms with Crippen LogP contribution in [-0.2, 0) is 16.8 Å². The Labute approximate surface area is 129 Å². The summed E-state index contributed by atoms with van der Waals surface area (Å²) in [5.41, 5.74) is 1.35. The first-order valence-corrected chi connectivity index (χ1v) is 7.22. The fourth-order valence-electron chi connectivity index (χ4n) is 1.85. The van der Waals surface area contributed by atoms with Gasteiger partial charge in [-0.15, -0.1) is 5.10 Å². The van der Waals surface area contributed by atoms with E-state index in [1.165, 1.54) is 5.56 Å². The normalized spacial score (nSPS) is 11.3. The van der Waals surface area contributed by atoms with Gasteiger partial charge in [-0.25, -0.2) is 9.78 Å². The van der Waals surface area contributed by atoms with Crippen LogP contribution >= 0.6 is 0 Å². The van der Waals surface area contributed by atoms with Crippen LogP contribution < -0.4 is 4.74 Å². The Kier molecular flexibility index (Phi) is 4.80. The number of hydrogen-bond acceptors (Lipinski definition) is 5. The van der Waals surface area contributed by atoms with Crippen molar-refractivity contribution in [3.63, 3.8) is 0 Å². The second kappa shape index (κ2) is 6.60. The van der Waals surface area contributed by atoms with Crippen LogP contribution in [0.1, 0.15) is 49.7 Å². The molecule has 0 aliphatic heterocycles. The van der Waals surface area contributed by atoms with E-state index >= 15 is 0 Å². The maximum atomic E-state index is 11.5. The topological polar surface area (TPSA) is 77.1 Å². The third-order valence-electron chi connectivity index (χ3n) is 3.09. The van der Waals surface area contributed by atoms with E-state index in [9.17, 15) is 4.79 Å². The van der Waals surface area contributed by atoms with Crippen LogP contribution in [0, 0.1) is 0 Å². The predicted molar refractivity (Wildman–Crippen MR) is 81.8 cm³/mol. The zero-order chi connectivity index (χ0) is 16.2. The van der Waals surface area contributed by atoms with E-state index in [4.69, 9.17) is 9.47 Å². The number of ether oxygens (including phenoxy) is 2. The number of nitrogens with zero attached hydrogens (tertiary/aromatic N) is 2. The molecular weight excluding hydrogens is 282 g/mol. The highest BCUT2D eigenvalue weighted by Crippen LogP contribution is 2.24. The highest BCUT2D eigenvalue weighted by atomic mass is 16.5. The molecule has 0 aliphatic rings. The SMILES string of the molecule is CCOC(=O)c1n[nH]c(COc2ccc(C(C)(C)C)cc2)n1. The molecule has 0 spiro atoms. The average molecular weight is 303 g/mol. The number of hydrogen-bond donors (Lipinski definition) is 1. The molecule has 1 aromatic carbocycles. The minimum atomic E-state index is -0.542. The zero-order valence-electron chi connectivity index (χ0n) is 13.3. The lowest BCUT2D eigenvalue weighted by atomic mass is 9.87. The average Bonchev–Trinajstić information content (AvgIpc) is 2.94. The molecule has 0 amide bonds. The first kappa shape index (κ1) is 16.0. The van der Waals surface area contributed by atoms with Gasteiger partial charge < -0.3 is 9.47 Å². The van der Waals surface area contributed by atoms with Crippen molar-refractivity contribution in [1.29, 1.82) is 0 Å². The molecule has 0 unspecified atom stereocenters. The van der Waals surface area contributed by atoms with E-state index in [1.54, 1.807) is 6.92 Å². The van der Waals surface area contributed by atoms with Gasteiger partial charge in [0.15, 0.2) is 5.82 Å². The van der Waals surface area contributed by atoms with Gasteiger partial charge in [-0.05, 0) is 30.0 Å². The number of rotatable bonds is 5. The fourth-order valence-corrected chi connectivity index (χ4v) is 1.85. The standard InChI is InChI=1S/C16H21N3O3/c1-5-21-15(20)14-17-13(18-19-14)10-22-12-8-6-11(7-9-12)16(2,3)4/h6-9H,5,10H2,1-4H3,(H,17,18,19). The van der Waals surface area contributed by atoms with Gasteiger partial charge in [-0.2, -0.15) is 0 Å². The third kappa shape index (κ3) is 4.07. The summed E-state index contributed by atoms with van der Waals surface area (Å²) in [6.45, 7) is 8.72. The smallest absolute Gasteiger partial charge is 0.378 e. The summed E-state index contributed by atoms with van der Waals surface area (Å²) >= 11 is 0. The van der Waals surface area contributed by atoms with Crippen LogP contribution in [0.15, 0.2) is 24.3 Å². The second-order valence-corrected chi connectivity index (χ2v) is 5.89. The van der Waals surface area contributed by atoms with E-state index in [0.29, 0.717) is 12.4 Å². The molecule has 0 saturated carbocycles. The molecule has 2 aromatic rings. The summed E-state index contributed by atoms with van der Waals surface area (Å²) in [5.74, 6) is 0.688. The maximum absolute atomic E-state index is 11.5. The van der Waals surface area contributed by atoms with Crippen molar-refractivity contribution in [3.05, 3.63) is 41.5 Å². The summed E-state index contributed by atoms with van der Waals surface area (Å²) < 4.78 is 10.5. The molecule has 0 radical (unpaired) electrons. The van der Waals surface area contributed by atoms with Crippen LogP contribution in [0.3, 0.4) is 0 Å². The molecule has 1 heterocycles. The number of carbonyl (C=O) groups is 1. The summed E-state index contributed by atoms with van der Waals surface area (Å²) in [4.78, 5) is 15.5. The highest BCUT2D eigenvalue weighted by Gasteiger charge is 2.14. The number of benzene rings is 1. The van der Waals surface area contributed by atoms with E-state index in [0.717, 1.165) is 5.75 Å². The number of esters is 1. The second-order valence-electron chi connectivity index (χ2n) is 5.89. The molecule has 0 aliphatic carbocycles. The van der Waals surface area contributed by atoms with E-state index in [2.05, 4.69) is 36.0 Å². The van der Waals surface area contributed by atoms with Gasteiger partial charge >= 0.3 is 5.97 Å². The molecular formula is C16H21N3O3.